The first-order valence-electron chi connectivity index (χ1n) is 5.69. The Morgan fingerprint density at radius 3 is 2.74 bits per heavy atom. The number of aromatic hydroxyl groups is 1. The van der Waals surface area contributed by atoms with Crippen molar-refractivity contribution in [2.45, 2.75) is 6.92 Å². The molecule has 1 aromatic carbocycles. The van der Waals surface area contributed by atoms with Gasteiger partial charge in [0.1, 0.15) is 0 Å². The Balaban J connectivity index is 2.38. The molecule has 0 saturated carbocycles. The average Bonchev–Trinajstić information content (AvgIpc) is 2.66. The van der Waals surface area contributed by atoms with Crippen LogP contribution in [-0.4, -0.2) is 34.8 Å². The molecule has 1 aliphatic heterocycles. The van der Waals surface area contributed by atoms with Crippen molar-refractivity contribution < 1.29 is 19.4 Å². The topological polar surface area (TPSA) is 66.8 Å². The molecule has 6 heteroatoms. The first-order chi connectivity index (χ1) is 9.08. The lowest BCUT2D eigenvalue weighted by atomic mass is 10.1. The molecular weight excluding hydrogens is 266 g/mol. The van der Waals surface area contributed by atoms with Gasteiger partial charge in [-0.1, -0.05) is 12.1 Å². The molecule has 100 valence electrons. The van der Waals surface area contributed by atoms with Crippen molar-refractivity contribution >= 4 is 29.0 Å². The van der Waals surface area contributed by atoms with E-state index in [0.717, 1.165) is 16.7 Å². The molecule has 0 unspecified atom stereocenters. The van der Waals surface area contributed by atoms with Crippen molar-refractivity contribution in [1.29, 1.82) is 0 Å². The number of amides is 2. The van der Waals surface area contributed by atoms with Crippen LogP contribution in [-0.2, 0) is 4.79 Å². The van der Waals surface area contributed by atoms with E-state index < -0.39 is 0 Å². The summed E-state index contributed by atoms with van der Waals surface area (Å²) in [5.74, 6) is -0.0588. The first-order valence-corrected chi connectivity index (χ1v) is 6.51. The zero-order valence-electron chi connectivity index (χ0n) is 10.5. The highest BCUT2D eigenvalue weighted by Gasteiger charge is 2.33. The van der Waals surface area contributed by atoms with Gasteiger partial charge in [-0.25, -0.2) is 0 Å². The van der Waals surface area contributed by atoms with Crippen molar-refractivity contribution in [3.8, 4) is 11.5 Å². The molecule has 1 aromatic rings. The minimum atomic E-state index is -0.334. The maximum atomic E-state index is 11.9. The molecule has 1 aliphatic rings. The molecule has 1 saturated heterocycles. The summed E-state index contributed by atoms with van der Waals surface area (Å²) in [7, 11) is 1.45. The van der Waals surface area contributed by atoms with Gasteiger partial charge < -0.3 is 9.84 Å². The summed E-state index contributed by atoms with van der Waals surface area (Å²) in [6.45, 7) is 2.08. The molecule has 0 radical (unpaired) electrons. The summed E-state index contributed by atoms with van der Waals surface area (Å²) in [5, 5.41) is 9.65. The quantitative estimate of drug-likeness (QED) is 0.861. The van der Waals surface area contributed by atoms with Gasteiger partial charge in [0, 0.05) is 12.1 Å². The van der Waals surface area contributed by atoms with Gasteiger partial charge in [-0.2, -0.15) is 0 Å². The van der Waals surface area contributed by atoms with E-state index in [-0.39, 0.29) is 16.9 Å². The fourth-order valence-corrected chi connectivity index (χ4v) is 2.63. The van der Waals surface area contributed by atoms with Crippen molar-refractivity contribution in [2.75, 3.05) is 13.7 Å². The van der Waals surface area contributed by atoms with E-state index in [2.05, 4.69) is 0 Å². The molecule has 1 fully saturated rings. The lowest BCUT2D eigenvalue weighted by Gasteiger charge is -2.07. The number of imide groups is 1. The summed E-state index contributed by atoms with van der Waals surface area (Å²) in [5.41, 5.74) is 0.445. The van der Waals surface area contributed by atoms with Crippen LogP contribution in [0.5, 0.6) is 11.5 Å². The van der Waals surface area contributed by atoms with Gasteiger partial charge in [0.2, 0.25) is 0 Å². The number of rotatable bonds is 3. The van der Waals surface area contributed by atoms with Crippen LogP contribution in [0.15, 0.2) is 23.1 Å². The summed E-state index contributed by atoms with van der Waals surface area (Å²) < 4.78 is 4.99. The lowest BCUT2D eigenvalue weighted by molar-refractivity contribution is -0.122. The Kier molecular flexibility index (Phi) is 3.80. The van der Waals surface area contributed by atoms with Crippen LogP contribution in [0, 0.1) is 0 Å². The van der Waals surface area contributed by atoms with Crippen LogP contribution in [0.3, 0.4) is 0 Å². The van der Waals surface area contributed by atoms with Gasteiger partial charge in [0.25, 0.3) is 11.1 Å². The van der Waals surface area contributed by atoms with E-state index in [4.69, 9.17) is 4.74 Å². The number of benzene rings is 1. The SMILES string of the molecule is CCN1C(=O)S/C(=C/c2cccc(OC)c2O)C1=O. The van der Waals surface area contributed by atoms with E-state index in [0.29, 0.717) is 22.8 Å². The fraction of sp³-hybridized carbons (Fsp3) is 0.231. The molecule has 0 aromatic heterocycles. The Morgan fingerprint density at radius 1 is 1.42 bits per heavy atom. The number of nitrogens with zero attached hydrogens (tertiary/aromatic N) is 1. The second-order valence-corrected chi connectivity index (χ2v) is 4.82. The Labute approximate surface area is 114 Å². The second kappa shape index (κ2) is 5.36. The molecule has 0 aliphatic carbocycles. The van der Waals surface area contributed by atoms with Crippen LogP contribution in [0.25, 0.3) is 6.08 Å². The maximum Gasteiger partial charge on any atom is 0.293 e. The van der Waals surface area contributed by atoms with Gasteiger partial charge in [-0.15, -0.1) is 0 Å². The highest BCUT2D eigenvalue weighted by molar-refractivity contribution is 8.18. The van der Waals surface area contributed by atoms with E-state index >= 15 is 0 Å². The number of hydrogen-bond donors (Lipinski definition) is 1. The van der Waals surface area contributed by atoms with E-state index in [1.165, 1.54) is 13.2 Å². The van der Waals surface area contributed by atoms with Gasteiger partial charge in [0.05, 0.1) is 12.0 Å². The van der Waals surface area contributed by atoms with Crippen LogP contribution in [0.1, 0.15) is 12.5 Å². The number of phenols is 1. The number of thioether (sulfide) groups is 1. The van der Waals surface area contributed by atoms with Crippen molar-refractivity contribution in [1.82, 2.24) is 4.90 Å². The largest absolute Gasteiger partial charge is 0.504 e. The average molecular weight is 279 g/mol. The van der Waals surface area contributed by atoms with Crippen molar-refractivity contribution in [2.24, 2.45) is 0 Å². The molecule has 5 nitrogen and oxygen atoms in total. The number of methoxy groups -OCH3 is 1. The zero-order chi connectivity index (χ0) is 14.0. The monoisotopic (exact) mass is 279 g/mol. The predicted molar refractivity (Wildman–Crippen MR) is 73.0 cm³/mol. The number of carbonyl (C=O) groups is 2. The van der Waals surface area contributed by atoms with Gasteiger partial charge in [-0.3, -0.25) is 14.5 Å². The summed E-state index contributed by atoms with van der Waals surface area (Å²) in [6, 6.07) is 4.97. The second-order valence-electron chi connectivity index (χ2n) is 3.82. The minimum Gasteiger partial charge on any atom is -0.504 e. The highest BCUT2D eigenvalue weighted by Crippen LogP contribution is 2.36. The zero-order valence-corrected chi connectivity index (χ0v) is 11.4. The number of carbonyl (C=O) groups excluding carboxylic acids is 2. The number of likely N-dealkylation sites (N-methyl/N-ethyl adjacent to an activating group) is 1. The van der Waals surface area contributed by atoms with E-state index in [1.807, 2.05) is 0 Å². The van der Waals surface area contributed by atoms with E-state index in [1.54, 1.807) is 25.1 Å². The van der Waals surface area contributed by atoms with E-state index in [9.17, 15) is 14.7 Å². The third kappa shape index (κ3) is 2.44. The van der Waals surface area contributed by atoms with Crippen LogP contribution in [0.4, 0.5) is 4.79 Å². The Morgan fingerprint density at radius 2 is 2.16 bits per heavy atom. The number of phenolic OH excluding ortho intramolecular Hbond substituents is 1. The standard InChI is InChI=1S/C13H13NO4S/c1-3-14-12(16)10(19-13(14)17)7-8-5-4-6-9(18-2)11(8)15/h4-7,15H,3H2,1-2H3/b10-7+. The number of ether oxygens (including phenoxy) is 1. The molecule has 2 rings (SSSR count). The van der Waals surface area contributed by atoms with Crippen LogP contribution < -0.4 is 4.74 Å². The molecule has 1 heterocycles. The number of para-hydroxylation sites is 1. The fourth-order valence-electron chi connectivity index (χ4n) is 1.73. The molecule has 0 spiro atoms. The molecular formula is C13H13NO4S. The molecule has 2 amide bonds. The van der Waals surface area contributed by atoms with Crippen molar-refractivity contribution in [3.63, 3.8) is 0 Å². The normalized spacial score (nSPS) is 17.4. The molecule has 0 atom stereocenters. The smallest absolute Gasteiger partial charge is 0.293 e. The summed E-state index contributed by atoms with van der Waals surface area (Å²) in [4.78, 5) is 24.9. The third-order valence-corrected chi connectivity index (χ3v) is 3.63. The first kappa shape index (κ1) is 13.5. The van der Waals surface area contributed by atoms with Crippen LogP contribution in [0.2, 0.25) is 0 Å². The highest BCUT2D eigenvalue weighted by atomic mass is 32.2. The minimum absolute atomic E-state index is 0.0479. The summed E-state index contributed by atoms with van der Waals surface area (Å²) >= 11 is 0.870. The lowest BCUT2D eigenvalue weighted by Crippen LogP contribution is -2.27. The van der Waals surface area contributed by atoms with Gasteiger partial charge in [0.15, 0.2) is 11.5 Å². The van der Waals surface area contributed by atoms with Crippen molar-refractivity contribution in [3.05, 3.63) is 28.7 Å². The Bertz CT molecular complexity index is 568. The maximum absolute atomic E-state index is 11.9. The molecule has 0 bridgehead atoms. The van der Waals surface area contributed by atoms with Crippen LogP contribution >= 0.6 is 11.8 Å². The third-order valence-electron chi connectivity index (χ3n) is 2.73. The van der Waals surface area contributed by atoms with Gasteiger partial charge >= 0.3 is 0 Å². The number of hydrogen-bond acceptors (Lipinski definition) is 5. The van der Waals surface area contributed by atoms with Gasteiger partial charge in [-0.05, 0) is 30.8 Å². The molecule has 1 N–H and O–H groups in total. The summed E-state index contributed by atoms with van der Waals surface area (Å²) in [6.07, 6.45) is 1.50. The predicted octanol–water partition coefficient (Wildman–Crippen LogP) is 2.46. The Hall–Kier alpha value is -1.95. The molecule has 19 heavy (non-hydrogen) atoms.